The van der Waals surface area contributed by atoms with E-state index in [0.29, 0.717) is 36.1 Å². The molecule has 178 valence electrons. The van der Waals surface area contributed by atoms with Crippen molar-refractivity contribution in [1.82, 2.24) is 9.88 Å². The summed E-state index contributed by atoms with van der Waals surface area (Å²) < 4.78 is 32.0. The number of likely N-dealkylation sites (N-methyl/N-ethyl adjacent to an activating group) is 1. The van der Waals surface area contributed by atoms with Crippen molar-refractivity contribution in [2.45, 2.75) is 32.6 Å². The number of thiazole rings is 1. The summed E-state index contributed by atoms with van der Waals surface area (Å²) in [6.45, 7) is 10.9. The van der Waals surface area contributed by atoms with Crippen LogP contribution in [0.15, 0.2) is 47.4 Å². The van der Waals surface area contributed by atoms with Crippen molar-refractivity contribution in [3.05, 3.63) is 48.0 Å². The first-order valence-corrected chi connectivity index (χ1v) is 13.7. The zero-order chi connectivity index (χ0) is 24.0. The average molecular weight is 490 g/mol. The Balaban J connectivity index is 2.09. The van der Waals surface area contributed by atoms with E-state index >= 15 is 0 Å². The smallest absolute Gasteiger partial charge is 0.261 e. The van der Waals surface area contributed by atoms with Crippen molar-refractivity contribution in [1.29, 1.82) is 0 Å². The van der Waals surface area contributed by atoms with E-state index in [1.165, 1.54) is 17.4 Å². The molecule has 0 N–H and O–H groups in total. The van der Waals surface area contributed by atoms with Crippen molar-refractivity contribution in [2.75, 3.05) is 43.4 Å². The van der Waals surface area contributed by atoms with Crippen LogP contribution in [0.4, 0.5) is 5.13 Å². The van der Waals surface area contributed by atoms with E-state index in [1.807, 2.05) is 25.1 Å². The van der Waals surface area contributed by atoms with Crippen LogP contribution in [0.5, 0.6) is 5.75 Å². The number of rotatable bonds is 11. The molecule has 3 rings (SSSR count). The minimum Gasteiger partial charge on any atom is -0.492 e. The molecule has 0 radical (unpaired) electrons. The van der Waals surface area contributed by atoms with Gasteiger partial charge < -0.3 is 9.64 Å². The lowest BCUT2D eigenvalue weighted by Gasteiger charge is -2.25. The second kappa shape index (κ2) is 11.1. The number of hydrogen-bond donors (Lipinski definition) is 0. The molecule has 33 heavy (non-hydrogen) atoms. The Morgan fingerprint density at radius 2 is 1.73 bits per heavy atom. The predicted octanol–water partition coefficient (Wildman–Crippen LogP) is 4.48. The average Bonchev–Trinajstić information content (AvgIpc) is 3.26. The van der Waals surface area contributed by atoms with E-state index in [9.17, 15) is 13.2 Å². The number of hydrogen-bond acceptors (Lipinski definition) is 7. The van der Waals surface area contributed by atoms with Gasteiger partial charge in [-0.05, 0) is 44.3 Å². The number of aromatic nitrogens is 1. The summed E-state index contributed by atoms with van der Waals surface area (Å²) in [5.41, 5.74) is 0.873. The molecule has 9 heteroatoms. The van der Waals surface area contributed by atoms with Gasteiger partial charge in [0.1, 0.15) is 11.3 Å². The molecule has 0 spiro atoms. The Hall–Kier alpha value is -2.49. The van der Waals surface area contributed by atoms with Crippen LogP contribution in [0.3, 0.4) is 0 Å². The van der Waals surface area contributed by atoms with Crippen molar-refractivity contribution >= 4 is 42.4 Å². The van der Waals surface area contributed by atoms with E-state index in [-0.39, 0.29) is 22.1 Å². The van der Waals surface area contributed by atoms with Crippen LogP contribution >= 0.6 is 11.3 Å². The Morgan fingerprint density at radius 1 is 1.00 bits per heavy atom. The summed E-state index contributed by atoms with van der Waals surface area (Å²) in [7, 11) is -3.56. The Labute approximate surface area is 199 Å². The number of fused-ring (bicyclic) bond motifs is 1. The third kappa shape index (κ3) is 5.54. The summed E-state index contributed by atoms with van der Waals surface area (Å²) in [6.07, 6.45) is 0. The van der Waals surface area contributed by atoms with Gasteiger partial charge in [0.2, 0.25) is 0 Å². The minimum atomic E-state index is -3.56. The van der Waals surface area contributed by atoms with Gasteiger partial charge in [0.25, 0.3) is 5.91 Å². The maximum atomic E-state index is 13.8. The number of anilines is 1. The van der Waals surface area contributed by atoms with E-state index < -0.39 is 9.84 Å². The lowest BCUT2D eigenvalue weighted by molar-refractivity contribution is 0.0980. The molecule has 0 aliphatic heterocycles. The van der Waals surface area contributed by atoms with Crippen LogP contribution < -0.4 is 9.64 Å². The Bertz CT molecular complexity index is 1200. The predicted molar refractivity (Wildman–Crippen MR) is 134 cm³/mol. The molecule has 0 unspecified atom stereocenters. The first-order chi connectivity index (χ1) is 15.9. The van der Waals surface area contributed by atoms with Gasteiger partial charge in [-0.25, -0.2) is 13.4 Å². The molecule has 2 aromatic carbocycles. The maximum Gasteiger partial charge on any atom is 0.261 e. The highest BCUT2D eigenvalue weighted by molar-refractivity contribution is 7.91. The molecular formula is C24H31N3O4S2. The molecule has 1 aromatic heterocycles. The SMILES string of the molecule is CCOc1cccc2sc(N(CCN(CC)CC)C(=O)c3ccccc3S(=O)(=O)CC)nc12. The molecule has 7 nitrogen and oxygen atoms in total. The number of carbonyl (C=O) groups excluding carboxylic acids is 1. The van der Waals surface area contributed by atoms with Crippen molar-refractivity contribution < 1.29 is 17.9 Å². The van der Waals surface area contributed by atoms with E-state index in [0.717, 1.165) is 17.8 Å². The first kappa shape index (κ1) is 25.1. The number of benzene rings is 2. The van der Waals surface area contributed by atoms with Crippen LogP contribution in [0.25, 0.3) is 10.2 Å². The molecule has 0 aliphatic rings. The van der Waals surface area contributed by atoms with Crippen LogP contribution in [-0.2, 0) is 9.84 Å². The van der Waals surface area contributed by atoms with Gasteiger partial charge in [0, 0.05) is 13.1 Å². The molecule has 0 saturated heterocycles. The first-order valence-electron chi connectivity index (χ1n) is 11.2. The van der Waals surface area contributed by atoms with Gasteiger partial charge in [0.15, 0.2) is 15.0 Å². The molecule has 0 aliphatic carbocycles. The summed E-state index contributed by atoms with van der Waals surface area (Å²) >= 11 is 1.40. The van der Waals surface area contributed by atoms with Crippen molar-refractivity contribution in [3.63, 3.8) is 0 Å². The van der Waals surface area contributed by atoms with Crippen LogP contribution in [0.1, 0.15) is 38.1 Å². The van der Waals surface area contributed by atoms with Gasteiger partial charge in [0.05, 0.1) is 27.5 Å². The number of sulfone groups is 1. The molecule has 0 atom stereocenters. The van der Waals surface area contributed by atoms with Gasteiger partial charge in [-0.3, -0.25) is 9.69 Å². The molecule has 1 amide bonds. The fraction of sp³-hybridized carbons (Fsp3) is 0.417. The molecule has 0 saturated carbocycles. The Morgan fingerprint density at radius 3 is 2.39 bits per heavy atom. The monoisotopic (exact) mass is 489 g/mol. The van der Waals surface area contributed by atoms with E-state index in [2.05, 4.69) is 18.7 Å². The van der Waals surface area contributed by atoms with Crippen LogP contribution in [0, 0.1) is 0 Å². The largest absolute Gasteiger partial charge is 0.492 e. The normalized spacial score (nSPS) is 11.8. The van der Waals surface area contributed by atoms with Crippen molar-refractivity contribution in [3.8, 4) is 5.75 Å². The van der Waals surface area contributed by atoms with Gasteiger partial charge >= 0.3 is 0 Å². The lowest BCUT2D eigenvalue weighted by atomic mass is 10.2. The summed E-state index contributed by atoms with van der Waals surface area (Å²) in [5, 5.41) is 0.526. The number of carbonyl (C=O) groups is 1. The summed E-state index contributed by atoms with van der Waals surface area (Å²) in [6, 6.07) is 12.1. The molecule has 1 heterocycles. The topological polar surface area (TPSA) is 79.8 Å². The second-order valence-corrected chi connectivity index (χ2v) is 10.7. The van der Waals surface area contributed by atoms with E-state index in [4.69, 9.17) is 9.72 Å². The number of para-hydroxylation sites is 1. The zero-order valence-electron chi connectivity index (χ0n) is 19.6. The fourth-order valence-corrected chi connectivity index (χ4v) is 5.67. The van der Waals surface area contributed by atoms with Crippen molar-refractivity contribution in [2.24, 2.45) is 0 Å². The third-order valence-corrected chi connectivity index (χ3v) is 8.34. The Kier molecular flexibility index (Phi) is 8.45. The summed E-state index contributed by atoms with van der Waals surface area (Å²) in [5.74, 6) is 0.227. The zero-order valence-corrected chi connectivity index (χ0v) is 21.2. The fourth-order valence-electron chi connectivity index (χ4n) is 3.58. The standard InChI is InChI=1S/C24H31N3O4S2/c1-5-26(6-2)16-17-27(23(28)18-12-9-10-15-21(18)33(29,30)8-4)24-25-22-19(31-7-3)13-11-14-20(22)32-24/h9-15H,5-8,16-17H2,1-4H3. The van der Waals surface area contributed by atoms with Gasteiger partial charge in [-0.15, -0.1) is 0 Å². The van der Waals surface area contributed by atoms with Crippen LogP contribution in [0.2, 0.25) is 0 Å². The highest BCUT2D eigenvalue weighted by Gasteiger charge is 2.27. The van der Waals surface area contributed by atoms with Gasteiger partial charge in [-0.2, -0.15) is 0 Å². The second-order valence-electron chi connectivity index (χ2n) is 7.42. The highest BCUT2D eigenvalue weighted by Crippen LogP contribution is 2.35. The molecular weight excluding hydrogens is 458 g/mol. The van der Waals surface area contributed by atoms with Gasteiger partial charge in [-0.1, -0.05) is 50.3 Å². The minimum absolute atomic E-state index is 0.0569. The highest BCUT2D eigenvalue weighted by atomic mass is 32.2. The number of amides is 1. The maximum absolute atomic E-state index is 13.8. The molecule has 0 bridgehead atoms. The molecule has 3 aromatic rings. The lowest BCUT2D eigenvalue weighted by Crippen LogP contribution is -2.39. The molecule has 0 fully saturated rings. The third-order valence-electron chi connectivity index (χ3n) is 5.51. The number of nitrogens with zero attached hydrogens (tertiary/aromatic N) is 3. The quantitative estimate of drug-likeness (QED) is 0.395. The summed E-state index contributed by atoms with van der Waals surface area (Å²) in [4.78, 5) is 22.4. The van der Waals surface area contributed by atoms with Crippen LogP contribution in [-0.4, -0.2) is 62.7 Å². The van der Waals surface area contributed by atoms with E-state index in [1.54, 1.807) is 30.0 Å². The number of ether oxygens (including phenoxy) is 1.